The third kappa shape index (κ3) is 6.91. The molecule has 0 bridgehead atoms. The quantitative estimate of drug-likeness (QED) is 0.726. The van der Waals surface area contributed by atoms with Gasteiger partial charge in [0.05, 0.1) is 19.1 Å². The number of likely N-dealkylation sites (tertiary alicyclic amines) is 1. The first kappa shape index (κ1) is 22.5. The maximum absolute atomic E-state index is 12.0. The van der Waals surface area contributed by atoms with E-state index in [1.165, 1.54) is 0 Å². The fourth-order valence-electron chi connectivity index (χ4n) is 3.04. The minimum absolute atomic E-state index is 0.0538. The summed E-state index contributed by atoms with van der Waals surface area (Å²) in [6.07, 6.45) is -0.836. The van der Waals surface area contributed by atoms with Gasteiger partial charge in [-0.1, -0.05) is 42.5 Å². The lowest BCUT2D eigenvalue weighted by molar-refractivity contribution is -0.0221. The van der Waals surface area contributed by atoms with Gasteiger partial charge in [0.25, 0.3) is 0 Å². The van der Waals surface area contributed by atoms with Gasteiger partial charge in [-0.15, -0.1) is 0 Å². The zero-order valence-corrected chi connectivity index (χ0v) is 18.5. The van der Waals surface area contributed by atoms with E-state index in [1.54, 1.807) is 4.90 Å². The number of hydrogen-bond acceptors (Lipinski definition) is 5. The average Bonchev–Trinajstić information content (AvgIpc) is 2.68. The van der Waals surface area contributed by atoms with E-state index in [1.807, 2.05) is 82.3 Å². The van der Waals surface area contributed by atoms with Gasteiger partial charge in [0.15, 0.2) is 0 Å². The first-order chi connectivity index (χ1) is 14.7. The first-order valence-corrected chi connectivity index (χ1v) is 10.4. The molecule has 2 aromatic rings. The molecule has 1 saturated heterocycles. The highest BCUT2D eigenvalue weighted by molar-refractivity contribution is 5.69. The topological polar surface area (TPSA) is 77.1 Å². The number of nitrogens with one attached hydrogen (secondary N) is 1. The third-order valence-electron chi connectivity index (χ3n) is 4.73. The Kier molecular flexibility index (Phi) is 7.05. The standard InChI is InChI=1S/C24H30N2O5/c1-17(25-22(27)29-16-18-8-6-5-7-9-18)19-10-12-20(13-11-19)30-21-14-26(15-21)23(28)31-24(2,3)4/h5-13,17,21H,14-16H2,1-4H3,(H,25,27). The molecule has 1 aliphatic heterocycles. The Labute approximate surface area is 183 Å². The molecule has 31 heavy (non-hydrogen) atoms. The maximum Gasteiger partial charge on any atom is 0.410 e. The zero-order valence-electron chi connectivity index (χ0n) is 18.5. The number of alkyl carbamates (subject to hydrolysis) is 1. The Morgan fingerprint density at radius 1 is 1.06 bits per heavy atom. The summed E-state index contributed by atoms with van der Waals surface area (Å²) in [5, 5.41) is 2.83. The SMILES string of the molecule is CC(NC(=O)OCc1ccccc1)c1ccc(OC2CN(C(=O)OC(C)(C)C)C2)cc1. The van der Waals surface area contributed by atoms with Gasteiger partial charge in [-0.25, -0.2) is 9.59 Å². The molecular weight excluding hydrogens is 396 g/mol. The van der Waals surface area contributed by atoms with Crippen molar-refractivity contribution in [3.8, 4) is 5.75 Å². The van der Waals surface area contributed by atoms with Crippen LogP contribution in [-0.2, 0) is 16.1 Å². The fraction of sp³-hybridized carbons (Fsp3) is 0.417. The molecule has 1 unspecified atom stereocenters. The van der Waals surface area contributed by atoms with Crippen LogP contribution < -0.4 is 10.1 Å². The van der Waals surface area contributed by atoms with Gasteiger partial charge in [-0.05, 0) is 51.0 Å². The van der Waals surface area contributed by atoms with Crippen LogP contribution in [0.5, 0.6) is 5.75 Å². The van der Waals surface area contributed by atoms with Crippen LogP contribution in [0.15, 0.2) is 54.6 Å². The van der Waals surface area contributed by atoms with E-state index in [2.05, 4.69) is 5.32 Å². The number of hydrogen-bond donors (Lipinski definition) is 1. The summed E-state index contributed by atoms with van der Waals surface area (Å²) >= 11 is 0. The lowest BCUT2D eigenvalue weighted by atomic mass is 10.1. The van der Waals surface area contributed by atoms with Crippen molar-refractivity contribution in [1.82, 2.24) is 10.2 Å². The predicted octanol–water partition coefficient (Wildman–Crippen LogP) is 4.67. The van der Waals surface area contributed by atoms with Crippen LogP contribution in [0.2, 0.25) is 0 Å². The predicted molar refractivity (Wildman–Crippen MR) is 117 cm³/mol. The van der Waals surface area contributed by atoms with Crippen molar-refractivity contribution < 1.29 is 23.8 Å². The average molecular weight is 427 g/mol. The molecular formula is C24H30N2O5. The Bertz CT molecular complexity index is 871. The van der Waals surface area contributed by atoms with Crippen molar-refractivity contribution in [2.24, 2.45) is 0 Å². The number of carbonyl (C=O) groups is 2. The Balaban J connectivity index is 1.40. The Morgan fingerprint density at radius 2 is 1.71 bits per heavy atom. The van der Waals surface area contributed by atoms with Crippen LogP contribution in [0, 0.1) is 0 Å². The van der Waals surface area contributed by atoms with Gasteiger partial charge >= 0.3 is 12.2 Å². The largest absolute Gasteiger partial charge is 0.487 e. The Hall–Kier alpha value is -3.22. The van der Waals surface area contributed by atoms with Crippen molar-refractivity contribution in [1.29, 1.82) is 0 Å². The van der Waals surface area contributed by atoms with Crippen LogP contribution >= 0.6 is 0 Å². The van der Waals surface area contributed by atoms with Crippen molar-refractivity contribution in [2.45, 2.75) is 52.0 Å². The van der Waals surface area contributed by atoms with E-state index >= 15 is 0 Å². The molecule has 0 aromatic heterocycles. The van der Waals surface area contributed by atoms with E-state index in [4.69, 9.17) is 14.2 Å². The number of rotatable bonds is 6. The minimum Gasteiger partial charge on any atom is -0.487 e. The van der Waals surface area contributed by atoms with Crippen molar-refractivity contribution in [2.75, 3.05) is 13.1 Å². The molecule has 1 fully saturated rings. The number of nitrogens with zero attached hydrogens (tertiary/aromatic N) is 1. The van der Waals surface area contributed by atoms with E-state index in [0.717, 1.165) is 16.9 Å². The molecule has 1 atom stereocenters. The molecule has 0 radical (unpaired) electrons. The molecule has 1 N–H and O–H groups in total. The lowest BCUT2D eigenvalue weighted by Crippen LogP contribution is -2.57. The van der Waals surface area contributed by atoms with Gasteiger partial charge < -0.3 is 24.4 Å². The highest BCUT2D eigenvalue weighted by Crippen LogP contribution is 2.22. The van der Waals surface area contributed by atoms with E-state index < -0.39 is 11.7 Å². The molecule has 166 valence electrons. The summed E-state index contributed by atoms with van der Waals surface area (Å²) in [5.41, 5.74) is 1.37. The van der Waals surface area contributed by atoms with Gasteiger partial charge in [-0.3, -0.25) is 0 Å². The van der Waals surface area contributed by atoms with Crippen molar-refractivity contribution >= 4 is 12.2 Å². The smallest absolute Gasteiger partial charge is 0.410 e. The second-order valence-electron chi connectivity index (χ2n) is 8.62. The lowest BCUT2D eigenvalue weighted by Gasteiger charge is -2.39. The third-order valence-corrected chi connectivity index (χ3v) is 4.73. The molecule has 0 aliphatic carbocycles. The number of benzene rings is 2. The minimum atomic E-state index is -0.502. The molecule has 7 nitrogen and oxygen atoms in total. The van der Waals surface area contributed by atoms with Crippen LogP contribution in [0.25, 0.3) is 0 Å². The second-order valence-corrected chi connectivity index (χ2v) is 8.62. The van der Waals surface area contributed by atoms with Crippen LogP contribution in [-0.4, -0.2) is 41.9 Å². The molecule has 1 aliphatic rings. The summed E-state index contributed by atoms with van der Waals surface area (Å²) in [4.78, 5) is 25.6. The van der Waals surface area contributed by atoms with Gasteiger partial charge in [0.2, 0.25) is 0 Å². The first-order valence-electron chi connectivity index (χ1n) is 10.4. The number of carbonyl (C=O) groups excluding carboxylic acids is 2. The van der Waals surface area contributed by atoms with Crippen molar-refractivity contribution in [3.05, 3.63) is 65.7 Å². The molecule has 0 spiro atoms. The molecule has 3 rings (SSSR count). The highest BCUT2D eigenvalue weighted by Gasteiger charge is 2.35. The molecule has 1 heterocycles. The fourth-order valence-corrected chi connectivity index (χ4v) is 3.04. The molecule has 2 aromatic carbocycles. The van der Waals surface area contributed by atoms with E-state index in [9.17, 15) is 9.59 Å². The normalized spacial score (nSPS) is 14.9. The van der Waals surface area contributed by atoms with Gasteiger partial charge in [-0.2, -0.15) is 0 Å². The molecule has 7 heteroatoms. The second kappa shape index (κ2) is 9.73. The summed E-state index contributed by atoms with van der Waals surface area (Å²) in [5.74, 6) is 0.719. The van der Waals surface area contributed by atoms with Gasteiger partial charge in [0, 0.05) is 0 Å². The van der Waals surface area contributed by atoms with Gasteiger partial charge in [0.1, 0.15) is 24.1 Å². The molecule has 0 saturated carbocycles. The summed E-state index contributed by atoms with van der Waals surface area (Å²) in [7, 11) is 0. The van der Waals surface area contributed by atoms with E-state index in [0.29, 0.717) is 13.1 Å². The number of ether oxygens (including phenoxy) is 3. The summed E-state index contributed by atoms with van der Waals surface area (Å²) in [6.45, 7) is 8.67. The monoisotopic (exact) mass is 426 g/mol. The highest BCUT2D eigenvalue weighted by atomic mass is 16.6. The van der Waals surface area contributed by atoms with Crippen LogP contribution in [0.3, 0.4) is 0 Å². The summed E-state index contributed by atoms with van der Waals surface area (Å²) in [6, 6.07) is 16.9. The van der Waals surface area contributed by atoms with Crippen LogP contribution in [0.4, 0.5) is 9.59 Å². The Morgan fingerprint density at radius 3 is 2.32 bits per heavy atom. The van der Waals surface area contributed by atoms with Crippen molar-refractivity contribution in [3.63, 3.8) is 0 Å². The van der Waals surface area contributed by atoms with Crippen LogP contribution in [0.1, 0.15) is 44.9 Å². The number of amides is 2. The van der Waals surface area contributed by atoms with E-state index in [-0.39, 0.29) is 24.8 Å². The zero-order chi connectivity index (χ0) is 22.4. The maximum atomic E-state index is 12.0. The molecule has 2 amide bonds. The summed E-state index contributed by atoms with van der Waals surface area (Å²) < 4.78 is 16.5.